The average molecular weight is 127 g/mol. The molecule has 0 atom stereocenters. The zero-order valence-electron chi connectivity index (χ0n) is 4.16. The van der Waals surface area contributed by atoms with Gasteiger partial charge in [-0.1, -0.05) is 0 Å². The molecule has 44 valence electrons. The predicted molar refractivity (Wildman–Crippen MR) is 25.4 cm³/mol. The lowest BCUT2D eigenvalue weighted by Crippen LogP contribution is -1.92. The third-order valence-corrected chi connectivity index (χ3v) is 1.43. The van der Waals surface area contributed by atoms with Crippen molar-refractivity contribution in [3.8, 4) is 0 Å². The zero-order chi connectivity index (χ0) is 5.91. The highest BCUT2D eigenvalue weighted by Crippen LogP contribution is 2.50. The van der Waals surface area contributed by atoms with Crippen molar-refractivity contribution in [1.82, 2.24) is 0 Å². The molecule has 4 nitrogen and oxygen atoms in total. The highest BCUT2D eigenvalue weighted by Gasteiger charge is 2.34. The molecular formula is C2H8O4P+. The molecule has 7 heavy (non-hydrogen) atoms. The molecule has 0 radical (unpaired) electrons. The normalized spacial score (nSPS) is 12.0. The van der Waals surface area contributed by atoms with Crippen molar-refractivity contribution >= 4 is 8.17 Å². The Bertz CT molecular complexity index is 47.7. The van der Waals surface area contributed by atoms with Crippen molar-refractivity contribution in [2.24, 2.45) is 0 Å². The van der Waals surface area contributed by atoms with Crippen LogP contribution in [-0.2, 0) is 9.05 Å². The fourth-order valence-electron chi connectivity index (χ4n) is 0.0745. The molecule has 0 spiro atoms. The van der Waals surface area contributed by atoms with Crippen molar-refractivity contribution < 1.29 is 18.8 Å². The summed E-state index contributed by atoms with van der Waals surface area (Å²) < 4.78 is 8.17. The van der Waals surface area contributed by atoms with Crippen molar-refractivity contribution in [2.45, 2.75) is 0 Å². The van der Waals surface area contributed by atoms with E-state index in [1.54, 1.807) is 0 Å². The molecule has 0 aliphatic carbocycles. The van der Waals surface area contributed by atoms with E-state index in [1.807, 2.05) is 0 Å². The summed E-state index contributed by atoms with van der Waals surface area (Å²) in [6.45, 7) is 0. The Kier molecular flexibility index (Phi) is 2.64. The minimum absolute atomic E-state index is 1.16. The minimum Gasteiger partial charge on any atom is -0.168 e. The Labute approximate surface area is 42.4 Å². The van der Waals surface area contributed by atoms with Gasteiger partial charge in [-0.15, -0.1) is 0 Å². The summed E-state index contributed by atoms with van der Waals surface area (Å²) in [4.78, 5) is 16.7. The maximum atomic E-state index is 8.35. The first-order chi connectivity index (χ1) is 3.12. The fourth-order valence-corrected chi connectivity index (χ4v) is 0.224. The minimum atomic E-state index is -3.40. The first-order valence-electron chi connectivity index (χ1n) is 1.58. The van der Waals surface area contributed by atoms with Crippen LogP contribution < -0.4 is 0 Å². The summed E-state index contributed by atoms with van der Waals surface area (Å²) in [6.07, 6.45) is 0. The standard InChI is InChI=1S/C2H8O4P/c1-5-7(3,4)6-2/h3-4H,1-2H3/q+1. The van der Waals surface area contributed by atoms with Gasteiger partial charge in [0.15, 0.2) is 0 Å². The summed E-state index contributed by atoms with van der Waals surface area (Å²) in [5.74, 6) is 0. The van der Waals surface area contributed by atoms with Gasteiger partial charge in [-0.05, 0) is 0 Å². The molecule has 0 amide bonds. The molecule has 0 heterocycles. The predicted octanol–water partition coefficient (Wildman–Crippen LogP) is -0.0586. The lowest BCUT2D eigenvalue weighted by molar-refractivity contribution is 0.165. The van der Waals surface area contributed by atoms with Gasteiger partial charge in [-0.3, -0.25) is 0 Å². The van der Waals surface area contributed by atoms with Crippen LogP contribution in [0.15, 0.2) is 0 Å². The summed E-state index contributed by atoms with van der Waals surface area (Å²) >= 11 is 0. The molecule has 0 aromatic rings. The van der Waals surface area contributed by atoms with Crippen LogP contribution in [0.1, 0.15) is 0 Å². The largest absolute Gasteiger partial charge is 0.569 e. The maximum Gasteiger partial charge on any atom is 0.569 e. The van der Waals surface area contributed by atoms with E-state index in [0.717, 1.165) is 14.2 Å². The third-order valence-electron chi connectivity index (χ3n) is 0.476. The van der Waals surface area contributed by atoms with E-state index in [1.165, 1.54) is 0 Å². The molecule has 0 fully saturated rings. The summed E-state index contributed by atoms with van der Waals surface area (Å²) in [7, 11) is -1.08. The van der Waals surface area contributed by atoms with Crippen LogP contribution in [0.25, 0.3) is 0 Å². The lowest BCUT2D eigenvalue weighted by Gasteiger charge is -1.99. The lowest BCUT2D eigenvalue weighted by atomic mass is 11.8. The van der Waals surface area contributed by atoms with Crippen LogP contribution in [0.5, 0.6) is 0 Å². The van der Waals surface area contributed by atoms with Crippen LogP contribution in [0.2, 0.25) is 0 Å². The van der Waals surface area contributed by atoms with E-state index in [9.17, 15) is 0 Å². The Morgan fingerprint density at radius 2 is 1.43 bits per heavy atom. The van der Waals surface area contributed by atoms with Gasteiger partial charge in [-0.2, -0.15) is 18.8 Å². The van der Waals surface area contributed by atoms with Crippen LogP contribution >= 0.6 is 8.17 Å². The molecule has 0 rings (SSSR count). The van der Waals surface area contributed by atoms with E-state index < -0.39 is 8.17 Å². The zero-order valence-corrected chi connectivity index (χ0v) is 5.05. The summed E-state index contributed by atoms with van der Waals surface area (Å²) in [6, 6.07) is 0. The van der Waals surface area contributed by atoms with Crippen molar-refractivity contribution in [2.75, 3.05) is 14.2 Å². The number of hydrogen-bond acceptors (Lipinski definition) is 4. The summed E-state index contributed by atoms with van der Waals surface area (Å²) in [5, 5.41) is 0. The molecule has 2 N–H and O–H groups in total. The van der Waals surface area contributed by atoms with E-state index in [0.29, 0.717) is 0 Å². The quantitative estimate of drug-likeness (QED) is 0.510. The van der Waals surface area contributed by atoms with Gasteiger partial charge in [0.2, 0.25) is 0 Å². The van der Waals surface area contributed by atoms with Gasteiger partial charge in [-0.25, -0.2) is 0 Å². The second-order valence-electron chi connectivity index (χ2n) is 0.856. The van der Waals surface area contributed by atoms with E-state index >= 15 is 0 Å². The molecule has 5 heteroatoms. The molecular weight excluding hydrogens is 119 g/mol. The monoisotopic (exact) mass is 127 g/mol. The third kappa shape index (κ3) is 2.91. The van der Waals surface area contributed by atoms with Crippen molar-refractivity contribution in [3.05, 3.63) is 0 Å². The number of hydrogen-bond donors (Lipinski definition) is 2. The first-order valence-corrected chi connectivity index (χ1v) is 3.11. The topological polar surface area (TPSA) is 58.9 Å². The van der Waals surface area contributed by atoms with Crippen LogP contribution in [0, 0.1) is 0 Å². The maximum absolute atomic E-state index is 8.35. The van der Waals surface area contributed by atoms with Crippen LogP contribution in [0.3, 0.4) is 0 Å². The first kappa shape index (κ1) is 7.27. The van der Waals surface area contributed by atoms with Gasteiger partial charge in [0.1, 0.15) is 0 Å². The van der Waals surface area contributed by atoms with Gasteiger partial charge < -0.3 is 0 Å². The summed E-state index contributed by atoms with van der Waals surface area (Å²) in [5.41, 5.74) is 0. The molecule has 0 unspecified atom stereocenters. The van der Waals surface area contributed by atoms with E-state index in [-0.39, 0.29) is 0 Å². The smallest absolute Gasteiger partial charge is 0.168 e. The second-order valence-corrected chi connectivity index (χ2v) is 2.57. The molecule has 0 saturated carbocycles. The molecule has 0 aliphatic heterocycles. The van der Waals surface area contributed by atoms with Crippen molar-refractivity contribution in [1.29, 1.82) is 0 Å². The van der Waals surface area contributed by atoms with E-state index in [2.05, 4.69) is 9.05 Å². The number of rotatable bonds is 2. The molecule has 0 saturated heterocycles. The van der Waals surface area contributed by atoms with Crippen LogP contribution in [0.4, 0.5) is 0 Å². The fraction of sp³-hybridized carbons (Fsp3) is 1.00. The highest BCUT2D eigenvalue weighted by atomic mass is 31.2. The highest BCUT2D eigenvalue weighted by molar-refractivity contribution is 7.54. The molecule has 0 bridgehead atoms. The average Bonchev–Trinajstić information content (AvgIpc) is 1.68. The van der Waals surface area contributed by atoms with Crippen LogP contribution in [-0.4, -0.2) is 24.0 Å². The molecule has 0 aromatic carbocycles. The Hall–Kier alpha value is 0.270. The van der Waals surface area contributed by atoms with Gasteiger partial charge >= 0.3 is 8.17 Å². The van der Waals surface area contributed by atoms with E-state index in [4.69, 9.17) is 9.79 Å². The molecule has 0 aliphatic rings. The molecule has 0 aromatic heterocycles. The van der Waals surface area contributed by atoms with Gasteiger partial charge in [0, 0.05) is 0 Å². The van der Waals surface area contributed by atoms with Gasteiger partial charge in [0.05, 0.1) is 14.2 Å². The van der Waals surface area contributed by atoms with Crippen molar-refractivity contribution in [3.63, 3.8) is 0 Å². The van der Waals surface area contributed by atoms with Gasteiger partial charge in [0.25, 0.3) is 0 Å². The Balaban J connectivity index is 3.36. The second kappa shape index (κ2) is 2.55. The Morgan fingerprint density at radius 3 is 1.43 bits per heavy atom. The Morgan fingerprint density at radius 1 is 1.14 bits per heavy atom. The SMILES string of the molecule is CO[P+](O)(O)OC.